The summed E-state index contributed by atoms with van der Waals surface area (Å²) >= 11 is 6.59. The second kappa shape index (κ2) is 5.38. The van der Waals surface area contributed by atoms with Crippen molar-refractivity contribution in [2.45, 2.75) is 6.92 Å². The smallest absolute Gasteiger partial charge is 0.299 e. The molecule has 0 saturated heterocycles. The Labute approximate surface area is 118 Å². The van der Waals surface area contributed by atoms with Crippen molar-refractivity contribution in [3.05, 3.63) is 55.2 Å². The van der Waals surface area contributed by atoms with Gasteiger partial charge < -0.3 is 5.32 Å². The van der Waals surface area contributed by atoms with Crippen LogP contribution in [-0.4, -0.2) is 10.8 Å². The first kappa shape index (κ1) is 13.5. The van der Waals surface area contributed by atoms with E-state index in [1.807, 2.05) is 19.1 Å². The number of carbonyl (C=O) groups is 1. The Hall–Kier alpha value is -1.92. The Morgan fingerprint density at radius 3 is 2.53 bits per heavy atom. The van der Waals surface area contributed by atoms with E-state index in [9.17, 15) is 14.9 Å². The number of aryl methyl sites for hydroxylation is 1. The highest BCUT2D eigenvalue weighted by Gasteiger charge is 2.21. The van der Waals surface area contributed by atoms with Crippen molar-refractivity contribution in [1.82, 2.24) is 0 Å². The zero-order chi connectivity index (χ0) is 14.0. The molecule has 1 heterocycles. The van der Waals surface area contributed by atoms with Gasteiger partial charge in [-0.3, -0.25) is 14.9 Å². The second-order valence-electron chi connectivity index (χ2n) is 3.85. The number of amides is 1. The summed E-state index contributed by atoms with van der Waals surface area (Å²) in [6.45, 7) is 1.94. The SMILES string of the molecule is Cc1ccc(NC(=O)c2cc([N+](=O)[O-])c(Cl)s2)cc1. The van der Waals surface area contributed by atoms with Crippen LogP contribution >= 0.6 is 22.9 Å². The molecule has 5 nitrogen and oxygen atoms in total. The van der Waals surface area contributed by atoms with Gasteiger partial charge in [0.1, 0.15) is 4.88 Å². The van der Waals surface area contributed by atoms with Crippen LogP contribution in [-0.2, 0) is 0 Å². The average Bonchev–Trinajstić information content (AvgIpc) is 2.74. The third-order valence-electron chi connectivity index (χ3n) is 2.40. The summed E-state index contributed by atoms with van der Waals surface area (Å²) in [4.78, 5) is 22.2. The van der Waals surface area contributed by atoms with Crippen molar-refractivity contribution in [3.8, 4) is 0 Å². The molecule has 0 bridgehead atoms. The highest BCUT2D eigenvalue weighted by molar-refractivity contribution is 7.18. The van der Waals surface area contributed by atoms with E-state index >= 15 is 0 Å². The van der Waals surface area contributed by atoms with Crippen LogP contribution in [0.4, 0.5) is 11.4 Å². The fourth-order valence-electron chi connectivity index (χ4n) is 1.43. The van der Waals surface area contributed by atoms with Crippen LogP contribution < -0.4 is 5.32 Å². The van der Waals surface area contributed by atoms with E-state index in [4.69, 9.17) is 11.6 Å². The summed E-state index contributed by atoms with van der Waals surface area (Å²) in [5.74, 6) is -0.413. The first-order chi connectivity index (χ1) is 8.97. The zero-order valence-corrected chi connectivity index (χ0v) is 11.4. The van der Waals surface area contributed by atoms with Gasteiger partial charge in [0.15, 0.2) is 4.34 Å². The van der Waals surface area contributed by atoms with Crippen molar-refractivity contribution in [1.29, 1.82) is 0 Å². The molecule has 0 atom stereocenters. The third-order valence-corrected chi connectivity index (χ3v) is 3.74. The summed E-state index contributed by atoms with van der Waals surface area (Å²) < 4.78 is -0.000874. The van der Waals surface area contributed by atoms with Crippen LogP contribution in [0.15, 0.2) is 30.3 Å². The zero-order valence-electron chi connectivity index (χ0n) is 9.84. The molecule has 0 radical (unpaired) electrons. The first-order valence-electron chi connectivity index (χ1n) is 5.29. The molecule has 2 aromatic rings. The highest BCUT2D eigenvalue weighted by Crippen LogP contribution is 2.34. The normalized spacial score (nSPS) is 10.2. The van der Waals surface area contributed by atoms with Gasteiger partial charge in [0.05, 0.1) is 4.92 Å². The van der Waals surface area contributed by atoms with Crippen LogP contribution in [0.2, 0.25) is 4.34 Å². The predicted molar refractivity (Wildman–Crippen MR) is 75.1 cm³/mol. The lowest BCUT2D eigenvalue weighted by Crippen LogP contribution is -2.09. The van der Waals surface area contributed by atoms with Gasteiger partial charge in [0, 0.05) is 11.8 Å². The Morgan fingerprint density at radius 2 is 2.00 bits per heavy atom. The number of benzene rings is 1. The molecule has 0 saturated carbocycles. The van der Waals surface area contributed by atoms with Crippen LogP contribution in [0.5, 0.6) is 0 Å². The molecule has 1 aromatic carbocycles. The van der Waals surface area contributed by atoms with Gasteiger partial charge in [-0.2, -0.15) is 0 Å². The number of anilines is 1. The number of thiophene rings is 1. The largest absolute Gasteiger partial charge is 0.321 e. The summed E-state index contributed by atoms with van der Waals surface area (Å²) in [7, 11) is 0. The molecule has 0 unspecified atom stereocenters. The minimum absolute atomic E-state index is 0.000874. The van der Waals surface area contributed by atoms with Gasteiger partial charge in [-0.1, -0.05) is 29.3 Å². The summed E-state index contributed by atoms with van der Waals surface area (Å²) in [6, 6.07) is 8.42. The molecule has 19 heavy (non-hydrogen) atoms. The van der Waals surface area contributed by atoms with E-state index < -0.39 is 10.8 Å². The van der Waals surface area contributed by atoms with Gasteiger partial charge in [-0.15, -0.1) is 11.3 Å². The van der Waals surface area contributed by atoms with Crippen molar-refractivity contribution in [2.24, 2.45) is 0 Å². The lowest BCUT2D eigenvalue weighted by Gasteiger charge is -2.03. The molecule has 0 spiro atoms. The molecule has 7 heteroatoms. The molecular weight excluding hydrogens is 288 g/mol. The number of hydrogen-bond donors (Lipinski definition) is 1. The van der Waals surface area contributed by atoms with Crippen molar-refractivity contribution >= 4 is 40.2 Å². The molecule has 1 amide bonds. The quantitative estimate of drug-likeness (QED) is 0.690. The van der Waals surface area contributed by atoms with E-state index in [0.717, 1.165) is 16.9 Å². The molecular formula is C12H9ClN2O3S. The van der Waals surface area contributed by atoms with Crippen LogP contribution in [0.25, 0.3) is 0 Å². The summed E-state index contributed by atoms with van der Waals surface area (Å²) in [5.41, 5.74) is 1.45. The number of halogens is 1. The van der Waals surface area contributed by atoms with Gasteiger partial charge >= 0.3 is 0 Å². The maximum absolute atomic E-state index is 11.9. The fraction of sp³-hybridized carbons (Fsp3) is 0.0833. The lowest BCUT2D eigenvalue weighted by atomic mass is 10.2. The van der Waals surface area contributed by atoms with Crippen molar-refractivity contribution in [3.63, 3.8) is 0 Å². The van der Waals surface area contributed by atoms with Gasteiger partial charge in [0.2, 0.25) is 0 Å². The number of nitrogens with zero attached hydrogens (tertiary/aromatic N) is 1. The monoisotopic (exact) mass is 296 g/mol. The van der Waals surface area contributed by atoms with Crippen LogP contribution in [0.3, 0.4) is 0 Å². The van der Waals surface area contributed by atoms with E-state index in [-0.39, 0.29) is 14.9 Å². The Balaban J connectivity index is 2.18. The molecule has 1 N–H and O–H groups in total. The Kier molecular flexibility index (Phi) is 3.82. The van der Waals surface area contributed by atoms with E-state index in [1.54, 1.807) is 12.1 Å². The van der Waals surface area contributed by atoms with Crippen molar-refractivity contribution < 1.29 is 9.72 Å². The molecule has 98 valence electrons. The molecule has 1 aromatic heterocycles. The highest BCUT2D eigenvalue weighted by atomic mass is 35.5. The van der Waals surface area contributed by atoms with Crippen LogP contribution in [0.1, 0.15) is 15.2 Å². The molecule has 0 aliphatic carbocycles. The predicted octanol–water partition coefficient (Wildman–Crippen LogP) is 3.87. The van der Waals surface area contributed by atoms with E-state index in [0.29, 0.717) is 5.69 Å². The third kappa shape index (κ3) is 3.10. The minimum atomic E-state index is -0.610. The topological polar surface area (TPSA) is 72.2 Å². The summed E-state index contributed by atoms with van der Waals surface area (Å²) in [6.07, 6.45) is 0. The number of carbonyl (C=O) groups excluding carboxylic acids is 1. The maximum Gasteiger partial charge on any atom is 0.299 e. The summed E-state index contributed by atoms with van der Waals surface area (Å²) in [5, 5.41) is 13.3. The van der Waals surface area contributed by atoms with E-state index in [2.05, 4.69) is 5.32 Å². The Bertz CT molecular complexity index is 637. The molecule has 0 fully saturated rings. The number of nitrogens with one attached hydrogen (secondary N) is 1. The minimum Gasteiger partial charge on any atom is -0.321 e. The van der Waals surface area contributed by atoms with Gasteiger partial charge in [0.25, 0.3) is 11.6 Å². The Morgan fingerprint density at radius 1 is 1.37 bits per heavy atom. The number of nitro groups is 1. The van der Waals surface area contributed by atoms with Gasteiger partial charge in [-0.25, -0.2) is 0 Å². The van der Waals surface area contributed by atoms with Crippen LogP contribution in [0, 0.1) is 17.0 Å². The standard InChI is InChI=1S/C12H9ClN2O3S/c1-7-2-4-8(5-3-7)14-12(16)10-6-9(15(17)18)11(13)19-10/h2-6H,1H3,(H,14,16). The molecule has 0 aliphatic rings. The van der Waals surface area contributed by atoms with E-state index in [1.165, 1.54) is 6.07 Å². The van der Waals surface area contributed by atoms with Crippen molar-refractivity contribution in [2.75, 3.05) is 5.32 Å². The molecule has 2 rings (SSSR count). The average molecular weight is 297 g/mol. The second-order valence-corrected chi connectivity index (χ2v) is 5.50. The number of rotatable bonds is 3. The number of hydrogen-bond acceptors (Lipinski definition) is 4. The molecule has 0 aliphatic heterocycles. The van der Waals surface area contributed by atoms with Gasteiger partial charge in [-0.05, 0) is 19.1 Å². The first-order valence-corrected chi connectivity index (χ1v) is 6.48. The maximum atomic E-state index is 11.9. The lowest BCUT2D eigenvalue weighted by molar-refractivity contribution is -0.384. The fourth-order valence-corrected chi connectivity index (χ4v) is 2.54.